The van der Waals surface area contributed by atoms with Gasteiger partial charge in [0.25, 0.3) is 6.43 Å². The number of para-hydroxylation sites is 1. The lowest BCUT2D eigenvalue weighted by Gasteiger charge is -2.11. The second kappa shape index (κ2) is 7.36. The van der Waals surface area contributed by atoms with Gasteiger partial charge in [-0.05, 0) is 35.9 Å². The fraction of sp³-hybridized carbons (Fsp3) is 0.176. The molecule has 0 spiro atoms. The third-order valence-corrected chi connectivity index (χ3v) is 3.09. The summed E-state index contributed by atoms with van der Waals surface area (Å²) in [5, 5.41) is 9.00. The molecule has 118 valence electrons. The second-order valence-corrected chi connectivity index (χ2v) is 4.65. The topological polar surface area (TPSA) is 59.3 Å². The minimum atomic E-state index is -2.65. The summed E-state index contributed by atoms with van der Waals surface area (Å²) >= 11 is 0. The third-order valence-electron chi connectivity index (χ3n) is 3.09. The Labute approximate surface area is 131 Å². The van der Waals surface area contributed by atoms with E-state index in [1.54, 1.807) is 6.07 Å². The molecule has 0 aliphatic rings. The molecule has 0 radical (unpaired) electrons. The molecule has 6 heteroatoms. The number of carbonyl (C=O) groups excluding carboxylic acids is 1. The molecule has 0 bridgehead atoms. The average Bonchev–Trinajstić information content (AvgIpc) is 2.59. The van der Waals surface area contributed by atoms with Gasteiger partial charge in [0.15, 0.2) is 0 Å². The first-order chi connectivity index (χ1) is 11.0. The summed E-state index contributed by atoms with van der Waals surface area (Å²) in [6, 6.07) is 12.2. The normalized spacial score (nSPS) is 10.2. The van der Waals surface area contributed by atoms with Gasteiger partial charge in [-0.2, -0.15) is 5.26 Å². The van der Waals surface area contributed by atoms with Gasteiger partial charge in [0, 0.05) is 0 Å². The fourth-order valence-corrected chi connectivity index (χ4v) is 2.03. The fourth-order valence-electron chi connectivity index (χ4n) is 2.03. The number of nitriles is 1. The van der Waals surface area contributed by atoms with Crippen LogP contribution in [0.5, 0.6) is 5.75 Å². The highest BCUT2D eigenvalue weighted by Crippen LogP contribution is 2.29. The van der Waals surface area contributed by atoms with E-state index in [-0.39, 0.29) is 29.0 Å². The molecule has 0 aromatic heterocycles. The van der Waals surface area contributed by atoms with Crippen molar-refractivity contribution in [3.63, 3.8) is 0 Å². The van der Waals surface area contributed by atoms with Gasteiger partial charge in [0.2, 0.25) is 0 Å². The number of rotatable bonds is 5. The van der Waals surface area contributed by atoms with Crippen LogP contribution in [0.1, 0.15) is 33.5 Å². The molecular formula is C17H13F2NO3. The van der Waals surface area contributed by atoms with Crippen molar-refractivity contribution in [2.45, 2.75) is 13.0 Å². The van der Waals surface area contributed by atoms with Gasteiger partial charge < -0.3 is 9.47 Å². The van der Waals surface area contributed by atoms with Crippen LogP contribution in [0.25, 0.3) is 0 Å². The summed E-state index contributed by atoms with van der Waals surface area (Å²) in [5.74, 6) is -0.527. The highest BCUT2D eigenvalue weighted by Gasteiger charge is 2.14. The van der Waals surface area contributed by atoms with Crippen LogP contribution in [0.2, 0.25) is 0 Å². The number of carbonyl (C=O) groups is 1. The van der Waals surface area contributed by atoms with Crippen LogP contribution in [0, 0.1) is 11.3 Å². The molecule has 0 heterocycles. The molecule has 2 rings (SSSR count). The first-order valence-corrected chi connectivity index (χ1v) is 6.67. The summed E-state index contributed by atoms with van der Waals surface area (Å²) in [5.41, 5.74) is 0.756. The van der Waals surface area contributed by atoms with Gasteiger partial charge in [-0.25, -0.2) is 13.6 Å². The molecule has 0 unspecified atom stereocenters. The second-order valence-electron chi connectivity index (χ2n) is 4.65. The maximum absolute atomic E-state index is 12.9. The number of halogens is 2. The Kier molecular flexibility index (Phi) is 5.26. The smallest absolute Gasteiger partial charge is 0.337 e. The van der Waals surface area contributed by atoms with Crippen LogP contribution >= 0.6 is 0 Å². The van der Waals surface area contributed by atoms with Gasteiger partial charge in [0.05, 0.1) is 29.9 Å². The zero-order valence-corrected chi connectivity index (χ0v) is 12.3. The standard InChI is InChI=1S/C17H13F2NO3/c1-22-17(21)13-7-11(9-20)6-12(8-13)10-23-15-5-3-2-4-14(15)16(18)19/h2-8,16H,10H2,1H3. The molecule has 4 nitrogen and oxygen atoms in total. The summed E-state index contributed by atoms with van der Waals surface area (Å²) in [6.45, 7) is -0.0523. The maximum atomic E-state index is 12.9. The van der Waals surface area contributed by atoms with E-state index in [0.717, 1.165) is 0 Å². The van der Waals surface area contributed by atoms with Crippen molar-refractivity contribution in [3.05, 3.63) is 64.7 Å². The van der Waals surface area contributed by atoms with Crippen LogP contribution in [0.4, 0.5) is 8.78 Å². The van der Waals surface area contributed by atoms with Crippen molar-refractivity contribution in [2.75, 3.05) is 7.11 Å². The molecule has 2 aromatic rings. The third kappa shape index (κ3) is 4.04. The van der Waals surface area contributed by atoms with E-state index in [1.807, 2.05) is 6.07 Å². The monoisotopic (exact) mass is 317 g/mol. The minimum Gasteiger partial charge on any atom is -0.488 e. The van der Waals surface area contributed by atoms with Gasteiger partial charge >= 0.3 is 5.97 Å². The Hall–Kier alpha value is -2.94. The molecule has 0 aliphatic heterocycles. The lowest BCUT2D eigenvalue weighted by Crippen LogP contribution is -2.05. The Balaban J connectivity index is 2.24. The number of hydrogen-bond donors (Lipinski definition) is 0. The van der Waals surface area contributed by atoms with Crippen LogP contribution in [-0.2, 0) is 11.3 Å². The lowest BCUT2D eigenvalue weighted by atomic mass is 10.1. The Morgan fingerprint density at radius 2 is 2.00 bits per heavy atom. The zero-order chi connectivity index (χ0) is 16.8. The van der Waals surface area contributed by atoms with Crippen LogP contribution in [-0.4, -0.2) is 13.1 Å². The van der Waals surface area contributed by atoms with Gasteiger partial charge in [-0.15, -0.1) is 0 Å². The molecule has 0 atom stereocenters. The molecular weight excluding hydrogens is 304 g/mol. The first kappa shape index (κ1) is 16.4. The van der Waals surface area contributed by atoms with Crippen molar-refractivity contribution >= 4 is 5.97 Å². The lowest BCUT2D eigenvalue weighted by molar-refractivity contribution is 0.0600. The molecule has 0 fully saturated rings. The quantitative estimate of drug-likeness (QED) is 0.786. The number of hydrogen-bond acceptors (Lipinski definition) is 4. The maximum Gasteiger partial charge on any atom is 0.337 e. The van der Waals surface area contributed by atoms with Crippen molar-refractivity contribution in [1.82, 2.24) is 0 Å². The highest BCUT2D eigenvalue weighted by molar-refractivity contribution is 5.90. The molecule has 0 N–H and O–H groups in total. The summed E-state index contributed by atoms with van der Waals surface area (Å²) in [4.78, 5) is 11.6. The molecule has 0 saturated carbocycles. The molecule has 2 aromatic carbocycles. The van der Waals surface area contributed by atoms with Crippen molar-refractivity contribution in [2.24, 2.45) is 0 Å². The number of nitrogens with zero attached hydrogens (tertiary/aromatic N) is 1. The molecule has 0 aliphatic carbocycles. The minimum absolute atomic E-state index is 0.0523. The number of benzene rings is 2. The van der Waals surface area contributed by atoms with E-state index >= 15 is 0 Å². The number of alkyl halides is 2. The van der Waals surface area contributed by atoms with Gasteiger partial charge in [-0.1, -0.05) is 12.1 Å². The summed E-state index contributed by atoms with van der Waals surface area (Å²) in [6.07, 6.45) is -2.65. The average molecular weight is 317 g/mol. The van der Waals surface area contributed by atoms with E-state index in [1.165, 1.54) is 43.5 Å². The number of ether oxygens (including phenoxy) is 2. The molecule has 23 heavy (non-hydrogen) atoms. The summed E-state index contributed by atoms with van der Waals surface area (Å²) in [7, 11) is 1.23. The van der Waals surface area contributed by atoms with Gasteiger partial charge in [-0.3, -0.25) is 0 Å². The molecule has 0 amide bonds. The molecule has 0 saturated heterocycles. The highest BCUT2D eigenvalue weighted by atomic mass is 19.3. The zero-order valence-electron chi connectivity index (χ0n) is 12.3. The van der Waals surface area contributed by atoms with Crippen molar-refractivity contribution < 1.29 is 23.0 Å². The SMILES string of the molecule is COC(=O)c1cc(C#N)cc(COc2ccccc2C(F)F)c1. The van der Waals surface area contributed by atoms with E-state index in [2.05, 4.69) is 4.74 Å². The Morgan fingerprint density at radius 1 is 1.26 bits per heavy atom. The van der Waals surface area contributed by atoms with Crippen molar-refractivity contribution in [3.8, 4) is 11.8 Å². The Bertz CT molecular complexity index is 754. The van der Waals surface area contributed by atoms with E-state index < -0.39 is 12.4 Å². The first-order valence-electron chi connectivity index (χ1n) is 6.67. The van der Waals surface area contributed by atoms with E-state index in [4.69, 9.17) is 10.00 Å². The predicted octanol–water partition coefficient (Wildman–Crippen LogP) is 3.86. The largest absolute Gasteiger partial charge is 0.488 e. The Morgan fingerprint density at radius 3 is 2.65 bits per heavy atom. The predicted molar refractivity (Wildman–Crippen MR) is 78.2 cm³/mol. The summed E-state index contributed by atoms with van der Waals surface area (Å²) < 4.78 is 35.8. The van der Waals surface area contributed by atoms with Gasteiger partial charge in [0.1, 0.15) is 12.4 Å². The van der Waals surface area contributed by atoms with Crippen molar-refractivity contribution in [1.29, 1.82) is 5.26 Å². The number of methoxy groups -OCH3 is 1. The van der Waals surface area contributed by atoms with Crippen LogP contribution in [0.3, 0.4) is 0 Å². The van der Waals surface area contributed by atoms with E-state index in [9.17, 15) is 13.6 Å². The van der Waals surface area contributed by atoms with Crippen LogP contribution in [0.15, 0.2) is 42.5 Å². The number of esters is 1. The van der Waals surface area contributed by atoms with Crippen LogP contribution < -0.4 is 4.74 Å². The van der Waals surface area contributed by atoms with E-state index in [0.29, 0.717) is 5.56 Å².